The number of anilines is 1. The van der Waals surface area contributed by atoms with Gasteiger partial charge in [-0.05, 0) is 42.9 Å². The van der Waals surface area contributed by atoms with E-state index in [4.69, 9.17) is 0 Å². The summed E-state index contributed by atoms with van der Waals surface area (Å²) in [6.45, 7) is 8.82. The highest BCUT2D eigenvalue weighted by molar-refractivity contribution is 5.87. The third-order valence-electron chi connectivity index (χ3n) is 4.76. The van der Waals surface area contributed by atoms with E-state index in [0.29, 0.717) is 11.8 Å². The lowest BCUT2D eigenvalue weighted by Gasteiger charge is -2.35. The van der Waals surface area contributed by atoms with Crippen LogP contribution in [0.25, 0.3) is 16.7 Å². The van der Waals surface area contributed by atoms with Gasteiger partial charge in [0.15, 0.2) is 5.65 Å². The molecule has 1 saturated heterocycles. The van der Waals surface area contributed by atoms with Crippen LogP contribution in [0.5, 0.6) is 0 Å². The molecule has 4 rings (SSSR count). The van der Waals surface area contributed by atoms with Crippen LogP contribution < -0.4 is 4.90 Å². The first-order chi connectivity index (χ1) is 11.6. The van der Waals surface area contributed by atoms with Gasteiger partial charge >= 0.3 is 0 Å². The molecule has 5 nitrogen and oxygen atoms in total. The van der Waals surface area contributed by atoms with Crippen LogP contribution in [0.2, 0.25) is 0 Å². The summed E-state index contributed by atoms with van der Waals surface area (Å²) in [4.78, 5) is 11.5. The maximum Gasteiger partial charge on any atom is 0.168 e. The number of rotatable bonds is 2. The van der Waals surface area contributed by atoms with Crippen LogP contribution in [0, 0.1) is 18.8 Å². The van der Waals surface area contributed by atoms with E-state index in [1.165, 1.54) is 12.0 Å². The zero-order valence-corrected chi connectivity index (χ0v) is 14.5. The Kier molecular flexibility index (Phi) is 3.71. The number of aryl methyl sites for hydroxylation is 1. The summed E-state index contributed by atoms with van der Waals surface area (Å²) in [7, 11) is 0. The minimum atomic E-state index is 0.686. The van der Waals surface area contributed by atoms with Crippen LogP contribution in [0.15, 0.2) is 36.8 Å². The summed E-state index contributed by atoms with van der Waals surface area (Å²) in [5, 5.41) is 5.62. The fraction of sp³-hybridized carbons (Fsp3) is 0.421. The van der Waals surface area contributed by atoms with Crippen molar-refractivity contribution in [2.24, 2.45) is 11.8 Å². The lowest BCUT2D eigenvalue weighted by molar-refractivity contribution is 0.356. The van der Waals surface area contributed by atoms with Gasteiger partial charge in [-0.15, -0.1) is 0 Å². The molecule has 0 radical (unpaired) electrons. The average molecular weight is 321 g/mol. The Labute approximate surface area is 142 Å². The molecule has 1 aromatic carbocycles. The van der Waals surface area contributed by atoms with Crippen molar-refractivity contribution in [3.8, 4) is 5.69 Å². The van der Waals surface area contributed by atoms with Crippen molar-refractivity contribution in [1.29, 1.82) is 0 Å². The standard InChI is InChI=1S/C19H23N5/c1-13-5-4-6-16(8-13)24-19-17(9-22-24)18(20-12-21-19)23-10-14(2)7-15(3)11-23/h4-6,8-9,12,14-15H,7,10-11H2,1-3H3/t14-,15+. The van der Waals surface area contributed by atoms with Crippen molar-refractivity contribution in [1.82, 2.24) is 19.7 Å². The predicted octanol–water partition coefficient (Wildman–Crippen LogP) is 3.61. The molecule has 0 spiro atoms. The fourth-order valence-electron chi connectivity index (χ4n) is 3.87. The molecule has 3 aromatic rings. The van der Waals surface area contributed by atoms with Crippen molar-refractivity contribution in [3.05, 3.63) is 42.4 Å². The normalized spacial score (nSPS) is 21.4. The first-order valence-electron chi connectivity index (χ1n) is 8.62. The number of benzene rings is 1. The number of hydrogen-bond acceptors (Lipinski definition) is 4. The molecule has 124 valence electrons. The summed E-state index contributed by atoms with van der Waals surface area (Å²) in [6, 6.07) is 8.33. The number of nitrogens with zero attached hydrogens (tertiary/aromatic N) is 5. The fourth-order valence-corrected chi connectivity index (χ4v) is 3.87. The topological polar surface area (TPSA) is 46.8 Å². The molecule has 1 aliphatic rings. The largest absolute Gasteiger partial charge is 0.355 e. The van der Waals surface area contributed by atoms with Crippen LogP contribution in [0.3, 0.4) is 0 Å². The highest BCUT2D eigenvalue weighted by atomic mass is 15.3. The highest BCUT2D eigenvalue weighted by Crippen LogP contribution is 2.30. The molecular formula is C19H23N5. The zero-order chi connectivity index (χ0) is 16.7. The van der Waals surface area contributed by atoms with Gasteiger partial charge in [-0.3, -0.25) is 0 Å². The zero-order valence-electron chi connectivity index (χ0n) is 14.5. The van der Waals surface area contributed by atoms with Gasteiger partial charge in [-0.1, -0.05) is 26.0 Å². The minimum Gasteiger partial charge on any atom is -0.355 e. The molecule has 2 aromatic heterocycles. The summed E-state index contributed by atoms with van der Waals surface area (Å²) in [5.74, 6) is 2.38. The molecule has 1 fully saturated rings. The molecule has 0 saturated carbocycles. The van der Waals surface area contributed by atoms with Crippen molar-refractivity contribution in [3.63, 3.8) is 0 Å². The Bertz CT molecular complexity index is 859. The number of aromatic nitrogens is 4. The van der Waals surface area contributed by atoms with E-state index in [1.54, 1.807) is 6.33 Å². The van der Waals surface area contributed by atoms with Gasteiger partial charge in [0.05, 0.1) is 17.3 Å². The van der Waals surface area contributed by atoms with E-state index < -0.39 is 0 Å². The Morgan fingerprint density at radius 2 is 1.88 bits per heavy atom. The van der Waals surface area contributed by atoms with Gasteiger partial charge in [-0.2, -0.15) is 5.10 Å². The molecule has 2 atom stereocenters. The van der Waals surface area contributed by atoms with Gasteiger partial charge in [0.1, 0.15) is 12.1 Å². The molecule has 5 heteroatoms. The first-order valence-corrected chi connectivity index (χ1v) is 8.62. The lowest BCUT2D eigenvalue weighted by atomic mass is 9.92. The van der Waals surface area contributed by atoms with Crippen LogP contribution >= 0.6 is 0 Å². The van der Waals surface area contributed by atoms with E-state index in [0.717, 1.165) is 35.6 Å². The summed E-state index contributed by atoms with van der Waals surface area (Å²) >= 11 is 0. The maximum absolute atomic E-state index is 4.59. The van der Waals surface area contributed by atoms with Crippen LogP contribution in [-0.2, 0) is 0 Å². The molecule has 24 heavy (non-hydrogen) atoms. The Morgan fingerprint density at radius 1 is 1.08 bits per heavy atom. The third-order valence-corrected chi connectivity index (χ3v) is 4.76. The molecular weight excluding hydrogens is 298 g/mol. The molecule has 0 bridgehead atoms. The van der Waals surface area contributed by atoms with Gasteiger partial charge < -0.3 is 4.90 Å². The van der Waals surface area contributed by atoms with E-state index in [2.05, 4.69) is 58.9 Å². The minimum absolute atomic E-state index is 0.686. The maximum atomic E-state index is 4.59. The first kappa shape index (κ1) is 15.1. The number of hydrogen-bond donors (Lipinski definition) is 0. The second-order valence-corrected chi connectivity index (χ2v) is 7.18. The van der Waals surface area contributed by atoms with Crippen molar-refractivity contribution >= 4 is 16.9 Å². The second kappa shape index (κ2) is 5.89. The van der Waals surface area contributed by atoms with Gasteiger partial charge in [0, 0.05) is 13.1 Å². The van der Waals surface area contributed by atoms with E-state index in [-0.39, 0.29) is 0 Å². The smallest absolute Gasteiger partial charge is 0.168 e. The SMILES string of the molecule is Cc1cccc(-n2ncc3c(N4C[C@H](C)C[C@H](C)C4)ncnc32)c1. The van der Waals surface area contributed by atoms with E-state index in [1.807, 2.05) is 16.9 Å². The quantitative estimate of drug-likeness (QED) is 0.723. The van der Waals surface area contributed by atoms with Crippen LogP contribution in [0.1, 0.15) is 25.8 Å². The summed E-state index contributed by atoms with van der Waals surface area (Å²) in [5.41, 5.74) is 3.12. The Balaban J connectivity index is 1.79. The Hall–Kier alpha value is -2.43. The molecule has 1 aliphatic heterocycles. The number of piperidine rings is 1. The summed E-state index contributed by atoms with van der Waals surface area (Å²) < 4.78 is 1.91. The second-order valence-electron chi connectivity index (χ2n) is 7.18. The van der Waals surface area contributed by atoms with Crippen molar-refractivity contribution in [2.75, 3.05) is 18.0 Å². The molecule has 0 unspecified atom stereocenters. The van der Waals surface area contributed by atoms with Gasteiger partial charge in [0.25, 0.3) is 0 Å². The van der Waals surface area contributed by atoms with Gasteiger partial charge in [-0.25, -0.2) is 14.6 Å². The molecule has 0 N–H and O–H groups in total. The van der Waals surface area contributed by atoms with Crippen molar-refractivity contribution in [2.45, 2.75) is 27.2 Å². The Morgan fingerprint density at radius 3 is 2.62 bits per heavy atom. The molecule has 0 amide bonds. The summed E-state index contributed by atoms with van der Waals surface area (Å²) in [6.07, 6.45) is 4.85. The molecule has 0 aliphatic carbocycles. The third kappa shape index (κ3) is 2.64. The lowest BCUT2D eigenvalue weighted by Crippen LogP contribution is -2.39. The number of fused-ring (bicyclic) bond motifs is 1. The average Bonchev–Trinajstić information content (AvgIpc) is 2.98. The van der Waals surface area contributed by atoms with Crippen LogP contribution in [-0.4, -0.2) is 32.8 Å². The predicted molar refractivity (Wildman–Crippen MR) is 96.6 cm³/mol. The van der Waals surface area contributed by atoms with Gasteiger partial charge in [0.2, 0.25) is 0 Å². The monoisotopic (exact) mass is 321 g/mol. The van der Waals surface area contributed by atoms with E-state index >= 15 is 0 Å². The van der Waals surface area contributed by atoms with Crippen molar-refractivity contribution < 1.29 is 0 Å². The highest BCUT2D eigenvalue weighted by Gasteiger charge is 2.25. The van der Waals surface area contributed by atoms with Crippen LogP contribution in [0.4, 0.5) is 5.82 Å². The van der Waals surface area contributed by atoms with E-state index in [9.17, 15) is 0 Å². The molecule has 3 heterocycles.